The van der Waals surface area contributed by atoms with Crippen LogP contribution in [0, 0.1) is 0 Å². The molecule has 2 heterocycles. The number of rotatable bonds is 6. The van der Waals surface area contributed by atoms with Crippen molar-refractivity contribution in [3.8, 4) is 11.5 Å². The molecule has 3 rings (SSSR count). The molecule has 0 spiro atoms. The van der Waals surface area contributed by atoms with Crippen molar-refractivity contribution < 1.29 is 9.47 Å². The van der Waals surface area contributed by atoms with Crippen LogP contribution in [-0.4, -0.2) is 39.5 Å². The van der Waals surface area contributed by atoms with E-state index in [0.29, 0.717) is 24.0 Å². The van der Waals surface area contributed by atoms with Gasteiger partial charge in [-0.05, 0) is 31.2 Å². The summed E-state index contributed by atoms with van der Waals surface area (Å²) < 4.78 is 12.6. The molecule has 3 aromatic rings. The Hall–Kier alpha value is -3.03. The van der Waals surface area contributed by atoms with Gasteiger partial charge in [-0.25, -0.2) is 0 Å². The molecule has 0 radical (unpaired) electrons. The lowest BCUT2D eigenvalue weighted by atomic mass is 10.3. The lowest BCUT2D eigenvalue weighted by Gasteiger charge is -2.16. The van der Waals surface area contributed by atoms with Crippen LogP contribution >= 0.6 is 0 Å². The zero-order valence-corrected chi connectivity index (χ0v) is 13.9. The van der Waals surface area contributed by atoms with E-state index in [0.717, 1.165) is 16.9 Å². The minimum absolute atomic E-state index is 0.0783. The summed E-state index contributed by atoms with van der Waals surface area (Å²) in [4.78, 5) is 8.67. The molecule has 0 fully saturated rings. The Morgan fingerprint density at radius 2 is 1.92 bits per heavy atom. The van der Waals surface area contributed by atoms with Gasteiger partial charge >= 0.3 is 0 Å². The molecule has 0 unspecified atom stereocenters. The van der Waals surface area contributed by atoms with E-state index in [1.165, 1.54) is 0 Å². The number of benzene rings is 1. The third kappa shape index (κ3) is 3.32. The van der Waals surface area contributed by atoms with E-state index in [1.807, 2.05) is 38.2 Å². The molecular weight excluding hydrogens is 308 g/mol. The predicted molar refractivity (Wildman–Crippen MR) is 92.3 cm³/mol. The molecule has 0 saturated heterocycles. The van der Waals surface area contributed by atoms with Gasteiger partial charge in [-0.15, -0.1) is 0 Å². The average molecular weight is 328 g/mol. The number of nitrogens with two attached hydrogens (primary N) is 1. The average Bonchev–Trinajstić information content (AvgIpc) is 2.95. The van der Waals surface area contributed by atoms with E-state index in [4.69, 9.17) is 15.2 Å². The number of aryl methyl sites for hydroxylation is 1. The summed E-state index contributed by atoms with van der Waals surface area (Å²) in [5.41, 5.74) is 6.63. The Balaban J connectivity index is 1.63. The van der Waals surface area contributed by atoms with Gasteiger partial charge in [-0.2, -0.15) is 15.1 Å². The zero-order valence-electron chi connectivity index (χ0n) is 13.9. The van der Waals surface area contributed by atoms with Gasteiger partial charge in [0, 0.05) is 7.05 Å². The summed E-state index contributed by atoms with van der Waals surface area (Å²) >= 11 is 0. The SMILES string of the molecule is COc1ccc(O[C@H](C)CNc2nc(N)c3cnn(C)c3n2)cc1. The molecule has 2 aromatic heterocycles. The number of hydrogen-bond acceptors (Lipinski definition) is 7. The fourth-order valence-corrected chi connectivity index (χ4v) is 2.29. The molecule has 0 aliphatic heterocycles. The van der Waals surface area contributed by atoms with Gasteiger partial charge in [0.05, 0.1) is 25.2 Å². The highest BCUT2D eigenvalue weighted by atomic mass is 16.5. The largest absolute Gasteiger partial charge is 0.497 e. The first-order valence-corrected chi connectivity index (χ1v) is 7.56. The van der Waals surface area contributed by atoms with Crippen LogP contribution in [0.2, 0.25) is 0 Å². The smallest absolute Gasteiger partial charge is 0.226 e. The summed E-state index contributed by atoms with van der Waals surface area (Å²) in [6.07, 6.45) is 1.58. The normalized spacial score (nSPS) is 12.1. The monoisotopic (exact) mass is 328 g/mol. The molecule has 8 nitrogen and oxygen atoms in total. The fraction of sp³-hybridized carbons (Fsp3) is 0.312. The molecule has 0 amide bonds. The van der Waals surface area contributed by atoms with Gasteiger partial charge in [0.1, 0.15) is 23.4 Å². The second-order valence-corrected chi connectivity index (χ2v) is 5.42. The molecule has 1 atom stereocenters. The van der Waals surface area contributed by atoms with Crippen LogP contribution in [0.25, 0.3) is 11.0 Å². The van der Waals surface area contributed by atoms with E-state index >= 15 is 0 Å². The fourth-order valence-electron chi connectivity index (χ4n) is 2.29. The van der Waals surface area contributed by atoms with Crippen LogP contribution in [0.3, 0.4) is 0 Å². The van der Waals surface area contributed by atoms with Gasteiger partial charge < -0.3 is 20.5 Å². The Morgan fingerprint density at radius 1 is 1.21 bits per heavy atom. The molecule has 0 bridgehead atoms. The van der Waals surface area contributed by atoms with Crippen molar-refractivity contribution in [2.45, 2.75) is 13.0 Å². The quantitative estimate of drug-likeness (QED) is 0.712. The molecule has 0 saturated carbocycles. The Morgan fingerprint density at radius 3 is 2.62 bits per heavy atom. The maximum atomic E-state index is 5.94. The number of nitrogens with one attached hydrogen (secondary N) is 1. The summed E-state index contributed by atoms with van der Waals surface area (Å²) in [5.74, 6) is 2.42. The van der Waals surface area contributed by atoms with Gasteiger partial charge in [-0.1, -0.05) is 0 Å². The standard InChI is InChI=1S/C16H20N6O2/c1-10(24-12-6-4-11(23-3)5-7-12)8-18-16-20-14(17)13-9-19-22(2)15(13)21-16/h4-7,9-10H,8H2,1-3H3,(H3,17,18,20,21)/t10-/m1/s1. The minimum atomic E-state index is -0.0783. The second-order valence-electron chi connectivity index (χ2n) is 5.42. The topological polar surface area (TPSA) is 100 Å². The summed E-state index contributed by atoms with van der Waals surface area (Å²) in [7, 11) is 3.45. The predicted octanol–water partition coefficient (Wildman–Crippen LogP) is 1.83. The summed E-state index contributed by atoms with van der Waals surface area (Å²) in [6.45, 7) is 2.50. The molecular formula is C16H20N6O2. The number of ether oxygens (including phenoxy) is 2. The third-order valence-corrected chi connectivity index (χ3v) is 3.57. The Bertz CT molecular complexity index is 830. The molecule has 24 heavy (non-hydrogen) atoms. The van der Waals surface area contributed by atoms with Crippen molar-refractivity contribution in [2.75, 3.05) is 24.7 Å². The zero-order chi connectivity index (χ0) is 17.1. The van der Waals surface area contributed by atoms with Crippen molar-refractivity contribution in [3.05, 3.63) is 30.5 Å². The van der Waals surface area contributed by atoms with Crippen molar-refractivity contribution in [3.63, 3.8) is 0 Å². The van der Waals surface area contributed by atoms with E-state index in [1.54, 1.807) is 18.0 Å². The number of hydrogen-bond donors (Lipinski definition) is 2. The summed E-state index contributed by atoms with van der Waals surface area (Å²) in [6, 6.07) is 7.45. The van der Waals surface area contributed by atoms with Crippen LogP contribution < -0.4 is 20.5 Å². The molecule has 0 aliphatic carbocycles. The maximum absolute atomic E-state index is 5.94. The van der Waals surface area contributed by atoms with Crippen LogP contribution in [-0.2, 0) is 7.05 Å². The maximum Gasteiger partial charge on any atom is 0.226 e. The van der Waals surface area contributed by atoms with Gasteiger partial charge in [0.2, 0.25) is 5.95 Å². The van der Waals surface area contributed by atoms with Crippen LogP contribution in [0.1, 0.15) is 6.92 Å². The molecule has 126 valence electrons. The lowest BCUT2D eigenvalue weighted by molar-refractivity contribution is 0.234. The van der Waals surface area contributed by atoms with E-state index in [9.17, 15) is 0 Å². The second kappa shape index (κ2) is 6.61. The first kappa shape index (κ1) is 15.9. The molecule has 1 aromatic carbocycles. The van der Waals surface area contributed by atoms with Gasteiger partial charge in [0.15, 0.2) is 5.65 Å². The van der Waals surface area contributed by atoms with E-state index in [2.05, 4.69) is 20.4 Å². The highest BCUT2D eigenvalue weighted by Gasteiger charge is 2.10. The minimum Gasteiger partial charge on any atom is -0.497 e. The number of nitrogen functional groups attached to an aromatic ring is 1. The van der Waals surface area contributed by atoms with Gasteiger partial charge in [-0.3, -0.25) is 4.68 Å². The molecule has 8 heteroatoms. The molecule has 3 N–H and O–H groups in total. The van der Waals surface area contributed by atoms with Gasteiger partial charge in [0.25, 0.3) is 0 Å². The first-order chi connectivity index (χ1) is 11.6. The van der Waals surface area contributed by atoms with Crippen molar-refractivity contribution in [1.82, 2.24) is 19.7 Å². The van der Waals surface area contributed by atoms with Crippen LogP contribution in [0.15, 0.2) is 30.5 Å². The number of nitrogens with zero attached hydrogens (tertiary/aromatic N) is 4. The first-order valence-electron chi connectivity index (χ1n) is 7.56. The Kier molecular flexibility index (Phi) is 4.37. The number of anilines is 2. The van der Waals surface area contributed by atoms with Crippen molar-refractivity contribution >= 4 is 22.8 Å². The Labute approximate surface area is 139 Å². The van der Waals surface area contributed by atoms with Crippen LogP contribution in [0.5, 0.6) is 11.5 Å². The highest BCUT2D eigenvalue weighted by Crippen LogP contribution is 2.20. The van der Waals surface area contributed by atoms with E-state index in [-0.39, 0.29) is 6.10 Å². The highest BCUT2D eigenvalue weighted by molar-refractivity contribution is 5.86. The van der Waals surface area contributed by atoms with Crippen molar-refractivity contribution in [2.24, 2.45) is 7.05 Å². The summed E-state index contributed by atoms with van der Waals surface area (Å²) in [5, 5.41) is 8.02. The lowest BCUT2D eigenvalue weighted by Crippen LogP contribution is -2.23. The number of methoxy groups -OCH3 is 1. The van der Waals surface area contributed by atoms with Crippen LogP contribution in [0.4, 0.5) is 11.8 Å². The number of aromatic nitrogens is 4. The third-order valence-electron chi connectivity index (χ3n) is 3.57. The van der Waals surface area contributed by atoms with E-state index < -0.39 is 0 Å². The molecule has 0 aliphatic rings. The number of fused-ring (bicyclic) bond motifs is 1. The van der Waals surface area contributed by atoms with Crippen molar-refractivity contribution in [1.29, 1.82) is 0 Å².